The number of rotatable bonds is 4. The van der Waals surface area contributed by atoms with Gasteiger partial charge in [0.05, 0.1) is 6.10 Å². The molecule has 2 rings (SSSR count). The molecule has 0 radical (unpaired) electrons. The first-order valence-corrected chi connectivity index (χ1v) is 7.19. The number of carbonyl (C=O) groups excluding carboxylic acids is 2. The minimum absolute atomic E-state index is 0.0265. The average molecular weight is 291 g/mol. The predicted octanol–water partition coefficient (Wildman–Crippen LogP) is 1.21. The monoisotopic (exact) mass is 291 g/mol. The first-order valence-electron chi connectivity index (χ1n) is 7.19. The number of aromatic nitrogens is 1. The van der Waals surface area contributed by atoms with Crippen LogP contribution in [0.15, 0.2) is 18.3 Å². The van der Waals surface area contributed by atoms with Crippen LogP contribution in [0.2, 0.25) is 0 Å². The quantitative estimate of drug-likeness (QED) is 0.903. The molecule has 0 atom stereocenters. The third-order valence-corrected chi connectivity index (χ3v) is 3.52. The van der Waals surface area contributed by atoms with Crippen LogP contribution in [0.1, 0.15) is 37.2 Å². The number of likely N-dealkylation sites (tertiary alicyclic amines) is 1. The van der Waals surface area contributed by atoms with Gasteiger partial charge in [-0.15, -0.1) is 0 Å². The van der Waals surface area contributed by atoms with Gasteiger partial charge in [-0.1, -0.05) is 0 Å². The normalized spacial score (nSPS) is 16.0. The Kier molecular flexibility index (Phi) is 4.77. The molecule has 6 heteroatoms. The van der Waals surface area contributed by atoms with Gasteiger partial charge in [-0.25, -0.2) is 4.98 Å². The van der Waals surface area contributed by atoms with Crippen LogP contribution in [0, 0.1) is 5.92 Å². The van der Waals surface area contributed by atoms with E-state index in [1.165, 1.54) is 0 Å². The largest absolute Gasteiger partial charge is 0.489 e. The third kappa shape index (κ3) is 3.71. The van der Waals surface area contributed by atoms with Gasteiger partial charge in [-0.2, -0.15) is 0 Å². The second kappa shape index (κ2) is 6.56. The van der Waals surface area contributed by atoms with Crippen molar-refractivity contribution in [1.82, 2.24) is 9.88 Å². The van der Waals surface area contributed by atoms with Crippen molar-refractivity contribution in [2.24, 2.45) is 11.7 Å². The van der Waals surface area contributed by atoms with E-state index in [1.54, 1.807) is 23.2 Å². The van der Waals surface area contributed by atoms with Gasteiger partial charge in [0.15, 0.2) is 11.4 Å². The van der Waals surface area contributed by atoms with Crippen LogP contribution < -0.4 is 10.5 Å². The summed E-state index contributed by atoms with van der Waals surface area (Å²) in [6, 6.07) is 3.49. The predicted molar refractivity (Wildman–Crippen MR) is 77.8 cm³/mol. The summed E-state index contributed by atoms with van der Waals surface area (Å²) in [7, 11) is 0. The molecular formula is C15H21N3O3. The molecule has 2 heterocycles. The summed E-state index contributed by atoms with van der Waals surface area (Å²) in [5.41, 5.74) is 5.63. The van der Waals surface area contributed by atoms with E-state index in [-0.39, 0.29) is 23.8 Å². The molecule has 2 N–H and O–H groups in total. The van der Waals surface area contributed by atoms with Gasteiger partial charge in [-0.3, -0.25) is 9.59 Å². The van der Waals surface area contributed by atoms with Crippen LogP contribution in [0.3, 0.4) is 0 Å². The van der Waals surface area contributed by atoms with Gasteiger partial charge >= 0.3 is 0 Å². The molecule has 1 aliphatic rings. The van der Waals surface area contributed by atoms with E-state index in [0.29, 0.717) is 37.4 Å². The summed E-state index contributed by atoms with van der Waals surface area (Å²) >= 11 is 0. The smallest absolute Gasteiger partial charge is 0.276 e. The molecule has 1 saturated heterocycles. The summed E-state index contributed by atoms with van der Waals surface area (Å²) in [4.78, 5) is 29.6. The summed E-state index contributed by atoms with van der Waals surface area (Å²) in [5.74, 6) is -0.0865. The second-order valence-electron chi connectivity index (χ2n) is 5.49. The SMILES string of the molecule is CC(C)Oc1cccnc1C(=O)N1CCC(C(N)=O)CC1. The number of piperidine rings is 1. The van der Waals surface area contributed by atoms with Gasteiger partial charge in [0.1, 0.15) is 0 Å². The number of carbonyl (C=O) groups is 2. The van der Waals surface area contributed by atoms with Gasteiger partial charge in [0, 0.05) is 25.2 Å². The van der Waals surface area contributed by atoms with E-state index in [9.17, 15) is 9.59 Å². The third-order valence-electron chi connectivity index (χ3n) is 3.52. The molecule has 1 aromatic heterocycles. The van der Waals surface area contributed by atoms with Crippen LogP contribution in [0.4, 0.5) is 0 Å². The molecule has 0 aromatic carbocycles. The van der Waals surface area contributed by atoms with Crippen LogP contribution in [-0.2, 0) is 4.79 Å². The number of hydrogen-bond acceptors (Lipinski definition) is 4. The van der Waals surface area contributed by atoms with E-state index < -0.39 is 0 Å². The Morgan fingerprint density at radius 2 is 2.05 bits per heavy atom. The Balaban J connectivity index is 2.09. The van der Waals surface area contributed by atoms with Crippen molar-refractivity contribution in [2.75, 3.05) is 13.1 Å². The molecule has 0 saturated carbocycles. The van der Waals surface area contributed by atoms with Crippen LogP contribution in [-0.4, -0.2) is 40.9 Å². The van der Waals surface area contributed by atoms with E-state index in [0.717, 1.165) is 0 Å². The fraction of sp³-hybridized carbons (Fsp3) is 0.533. The van der Waals surface area contributed by atoms with E-state index in [4.69, 9.17) is 10.5 Å². The van der Waals surface area contributed by atoms with E-state index >= 15 is 0 Å². The highest BCUT2D eigenvalue weighted by molar-refractivity contribution is 5.95. The molecule has 0 unspecified atom stereocenters. The Morgan fingerprint density at radius 1 is 1.38 bits per heavy atom. The number of nitrogens with two attached hydrogens (primary N) is 1. The zero-order valence-corrected chi connectivity index (χ0v) is 12.4. The number of amides is 2. The molecule has 114 valence electrons. The summed E-state index contributed by atoms with van der Waals surface area (Å²) < 4.78 is 5.63. The lowest BCUT2D eigenvalue weighted by Crippen LogP contribution is -2.42. The summed E-state index contributed by atoms with van der Waals surface area (Å²) in [6.07, 6.45) is 2.76. The highest BCUT2D eigenvalue weighted by atomic mass is 16.5. The maximum Gasteiger partial charge on any atom is 0.276 e. The lowest BCUT2D eigenvalue weighted by atomic mass is 9.96. The molecular weight excluding hydrogens is 270 g/mol. The van der Waals surface area contributed by atoms with Crippen molar-refractivity contribution in [2.45, 2.75) is 32.8 Å². The summed E-state index contributed by atoms with van der Waals surface area (Å²) in [5, 5.41) is 0. The molecule has 21 heavy (non-hydrogen) atoms. The zero-order chi connectivity index (χ0) is 15.4. The van der Waals surface area contributed by atoms with Gasteiger partial charge in [0.2, 0.25) is 5.91 Å². The second-order valence-corrected chi connectivity index (χ2v) is 5.49. The first kappa shape index (κ1) is 15.3. The van der Waals surface area contributed by atoms with Gasteiger partial charge in [0.25, 0.3) is 5.91 Å². The minimum atomic E-state index is -0.288. The van der Waals surface area contributed by atoms with Crippen molar-refractivity contribution in [3.63, 3.8) is 0 Å². The van der Waals surface area contributed by atoms with Gasteiger partial charge < -0.3 is 15.4 Å². The minimum Gasteiger partial charge on any atom is -0.489 e. The number of pyridine rings is 1. The van der Waals surface area contributed by atoms with Gasteiger partial charge in [-0.05, 0) is 38.8 Å². The summed E-state index contributed by atoms with van der Waals surface area (Å²) in [6.45, 7) is 4.84. The fourth-order valence-corrected chi connectivity index (χ4v) is 2.42. The highest BCUT2D eigenvalue weighted by Gasteiger charge is 2.28. The maximum absolute atomic E-state index is 12.5. The Hall–Kier alpha value is -2.11. The molecule has 0 spiro atoms. The van der Waals surface area contributed by atoms with Crippen molar-refractivity contribution in [3.05, 3.63) is 24.0 Å². The average Bonchev–Trinajstić information content (AvgIpc) is 2.46. The number of nitrogens with zero attached hydrogens (tertiary/aromatic N) is 2. The van der Waals surface area contributed by atoms with E-state index in [1.807, 2.05) is 13.8 Å². The van der Waals surface area contributed by atoms with Crippen molar-refractivity contribution in [1.29, 1.82) is 0 Å². The molecule has 0 bridgehead atoms. The van der Waals surface area contributed by atoms with E-state index in [2.05, 4.69) is 4.98 Å². The van der Waals surface area contributed by atoms with Crippen molar-refractivity contribution >= 4 is 11.8 Å². The molecule has 6 nitrogen and oxygen atoms in total. The van der Waals surface area contributed by atoms with Crippen molar-refractivity contribution in [3.8, 4) is 5.75 Å². The number of ether oxygens (including phenoxy) is 1. The molecule has 2 amide bonds. The molecule has 1 aliphatic heterocycles. The lowest BCUT2D eigenvalue weighted by molar-refractivity contribution is -0.123. The highest BCUT2D eigenvalue weighted by Crippen LogP contribution is 2.22. The maximum atomic E-state index is 12.5. The Morgan fingerprint density at radius 3 is 2.62 bits per heavy atom. The number of hydrogen-bond donors (Lipinski definition) is 1. The zero-order valence-electron chi connectivity index (χ0n) is 12.4. The number of primary amides is 1. The topological polar surface area (TPSA) is 85.5 Å². The van der Waals surface area contributed by atoms with Crippen LogP contribution in [0.25, 0.3) is 0 Å². The first-order chi connectivity index (χ1) is 9.99. The molecule has 1 aromatic rings. The lowest BCUT2D eigenvalue weighted by Gasteiger charge is -2.30. The molecule has 0 aliphatic carbocycles. The Bertz CT molecular complexity index is 523. The van der Waals surface area contributed by atoms with Crippen LogP contribution >= 0.6 is 0 Å². The Labute approximate surface area is 124 Å². The standard InChI is InChI=1S/C15H21N3O3/c1-10(2)21-12-4-3-7-17-13(12)15(20)18-8-5-11(6-9-18)14(16)19/h3-4,7,10-11H,5-6,8-9H2,1-2H3,(H2,16,19). The van der Waals surface area contributed by atoms with Crippen LogP contribution in [0.5, 0.6) is 5.75 Å². The van der Waals surface area contributed by atoms with Crippen molar-refractivity contribution < 1.29 is 14.3 Å². The molecule has 1 fully saturated rings. The fourth-order valence-electron chi connectivity index (χ4n) is 2.42.